The zero-order valence-corrected chi connectivity index (χ0v) is 11.7. The van der Waals surface area contributed by atoms with Crippen LogP contribution in [-0.2, 0) is 14.3 Å². The standard InChI is InChI=1S/C12H15NO.C3H6O2/c1-3-14-12-9-8-10-6-4-5-7-11(10)13(12)2;1-2-5-3-4/h4-9,12H,3H2,1-2H3;3H,2H2,1H3. The van der Waals surface area contributed by atoms with Gasteiger partial charge in [-0.2, -0.15) is 0 Å². The molecular formula is C15H21NO3. The fourth-order valence-corrected chi connectivity index (χ4v) is 1.81. The van der Waals surface area contributed by atoms with Gasteiger partial charge in [-0.25, -0.2) is 0 Å². The molecule has 1 atom stereocenters. The summed E-state index contributed by atoms with van der Waals surface area (Å²) in [5, 5.41) is 0. The number of anilines is 1. The van der Waals surface area contributed by atoms with Gasteiger partial charge in [0.05, 0.1) is 6.61 Å². The highest BCUT2D eigenvalue weighted by Gasteiger charge is 2.17. The van der Waals surface area contributed by atoms with E-state index < -0.39 is 0 Å². The molecular weight excluding hydrogens is 242 g/mol. The maximum Gasteiger partial charge on any atom is 0.293 e. The average Bonchev–Trinajstić information content (AvgIpc) is 2.44. The molecule has 19 heavy (non-hydrogen) atoms. The van der Waals surface area contributed by atoms with E-state index in [4.69, 9.17) is 4.74 Å². The average molecular weight is 263 g/mol. The quantitative estimate of drug-likeness (QED) is 0.783. The Hall–Kier alpha value is -1.81. The summed E-state index contributed by atoms with van der Waals surface area (Å²) < 4.78 is 9.74. The van der Waals surface area contributed by atoms with E-state index in [1.807, 2.05) is 6.92 Å². The zero-order chi connectivity index (χ0) is 14.1. The van der Waals surface area contributed by atoms with Gasteiger partial charge in [-0.15, -0.1) is 0 Å². The first-order valence-electron chi connectivity index (χ1n) is 6.41. The summed E-state index contributed by atoms with van der Waals surface area (Å²) in [4.78, 5) is 11.3. The smallest absolute Gasteiger partial charge is 0.293 e. The lowest BCUT2D eigenvalue weighted by atomic mass is 10.1. The van der Waals surface area contributed by atoms with E-state index in [-0.39, 0.29) is 6.23 Å². The van der Waals surface area contributed by atoms with Crippen molar-refractivity contribution < 1.29 is 14.3 Å². The molecule has 1 aliphatic rings. The number of fused-ring (bicyclic) bond motifs is 1. The topological polar surface area (TPSA) is 38.8 Å². The minimum atomic E-state index is 0.0786. The Labute approximate surface area is 114 Å². The van der Waals surface area contributed by atoms with Crippen molar-refractivity contribution in [3.05, 3.63) is 35.9 Å². The van der Waals surface area contributed by atoms with Crippen LogP contribution in [-0.4, -0.2) is 33.0 Å². The van der Waals surface area contributed by atoms with Gasteiger partial charge in [0.15, 0.2) is 0 Å². The minimum absolute atomic E-state index is 0.0786. The third-order valence-electron chi connectivity index (χ3n) is 2.71. The van der Waals surface area contributed by atoms with Gasteiger partial charge in [-0.1, -0.05) is 24.3 Å². The summed E-state index contributed by atoms with van der Waals surface area (Å²) in [7, 11) is 2.06. The summed E-state index contributed by atoms with van der Waals surface area (Å²) in [6.45, 7) is 5.42. The van der Waals surface area contributed by atoms with Gasteiger partial charge < -0.3 is 14.4 Å². The molecule has 1 unspecified atom stereocenters. The third-order valence-corrected chi connectivity index (χ3v) is 2.71. The number of likely N-dealkylation sites (N-methyl/N-ethyl adjacent to an activating group) is 1. The molecule has 1 aliphatic heterocycles. The summed E-state index contributed by atoms with van der Waals surface area (Å²) in [5.74, 6) is 0. The largest absolute Gasteiger partial charge is 0.468 e. The molecule has 0 fully saturated rings. The van der Waals surface area contributed by atoms with Crippen LogP contribution in [0, 0.1) is 0 Å². The van der Waals surface area contributed by atoms with E-state index in [9.17, 15) is 4.79 Å². The normalized spacial score (nSPS) is 16.2. The highest BCUT2D eigenvalue weighted by molar-refractivity contribution is 5.71. The van der Waals surface area contributed by atoms with E-state index in [0.29, 0.717) is 13.1 Å². The summed E-state index contributed by atoms with van der Waals surface area (Å²) >= 11 is 0. The van der Waals surface area contributed by atoms with E-state index in [1.165, 1.54) is 11.3 Å². The van der Waals surface area contributed by atoms with Crippen LogP contribution in [0.1, 0.15) is 19.4 Å². The molecule has 1 aromatic rings. The lowest BCUT2D eigenvalue weighted by Gasteiger charge is -2.31. The minimum Gasteiger partial charge on any atom is -0.468 e. The molecule has 0 bridgehead atoms. The molecule has 0 saturated carbocycles. The predicted octanol–water partition coefficient (Wildman–Crippen LogP) is 2.69. The fraction of sp³-hybridized carbons (Fsp3) is 0.400. The number of hydrogen-bond donors (Lipinski definition) is 0. The van der Waals surface area contributed by atoms with E-state index in [1.54, 1.807) is 6.92 Å². The Morgan fingerprint density at radius 2 is 2.00 bits per heavy atom. The number of rotatable bonds is 4. The number of hydrogen-bond acceptors (Lipinski definition) is 4. The molecule has 4 heteroatoms. The molecule has 2 rings (SSSR count). The maximum absolute atomic E-state index is 9.18. The predicted molar refractivity (Wildman–Crippen MR) is 77.0 cm³/mol. The SMILES string of the molecule is CCOC1C=Cc2ccccc2N1C.CCOC=O. The van der Waals surface area contributed by atoms with Crippen molar-refractivity contribution >= 4 is 18.2 Å². The van der Waals surface area contributed by atoms with Crippen LogP contribution in [0.3, 0.4) is 0 Å². The van der Waals surface area contributed by atoms with Crippen molar-refractivity contribution in [2.24, 2.45) is 0 Å². The number of nitrogens with zero attached hydrogens (tertiary/aromatic N) is 1. The zero-order valence-electron chi connectivity index (χ0n) is 11.7. The molecule has 0 saturated heterocycles. The van der Waals surface area contributed by atoms with Gasteiger partial charge in [0.2, 0.25) is 0 Å². The number of benzene rings is 1. The second-order valence-electron chi connectivity index (χ2n) is 3.93. The van der Waals surface area contributed by atoms with Crippen molar-refractivity contribution in [3.63, 3.8) is 0 Å². The molecule has 4 nitrogen and oxygen atoms in total. The Bertz CT molecular complexity index is 418. The van der Waals surface area contributed by atoms with E-state index in [2.05, 4.69) is 53.1 Å². The van der Waals surface area contributed by atoms with Gasteiger partial charge in [0.25, 0.3) is 6.47 Å². The van der Waals surface area contributed by atoms with Crippen LogP contribution in [0.4, 0.5) is 5.69 Å². The Kier molecular flexibility index (Phi) is 6.68. The lowest BCUT2D eigenvalue weighted by Crippen LogP contribution is -2.34. The van der Waals surface area contributed by atoms with Crippen molar-refractivity contribution in [1.29, 1.82) is 0 Å². The highest BCUT2D eigenvalue weighted by Crippen LogP contribution is 2.27. The van der Waals surface area contributed by atoms with Crippen molar-refractivity contribution in [3.8, 4) is 0 Å². The molecule has 1 heterocycles. The number of ether oxygens (including phenoxy) is 2. The Morgan fingerprint density at radius 1 is 1.26 bits per heavy atom. The number of carbonyl (C=O) groups is 1. The van der Waals surface area contributed by atoms with Gasteiger partial charge >= 0.3 is 0 Å². The second-order valence-corrected chi connectivity index (χ2v) is 3.93. The van der Waals surface area contributed by atoms with Gasteiger partial charge in [-0.05, 0) is 31.6 Å². The van der Waals surface area contributed by atoms with Crippen LogP contribution in [0.2, 0.25) is 0 Å². The molecule has 1 aromatic carbocycles. The van der Waals surface area contributed by atoms with Gasteiger partial charge in [-0.3, -0.25) is 4.79 Å². The Balaban J connectivity index is 0.000000312. The van der Waals surface area contributed by atoms with Crippen molar-refractivity contribution in [1.82, 2.24) is 0 Å². The second kappa shape index (κ2) is 8.32. The fourth-order valence-electron chi connectivity index (χ4n) is 1.81. The first-order chi connectivity index (χ1) is 9.24. The molecule has 0 radical (unpaired) electrons. The van der Waals surface area contributed by atoms with Crippen LogP contribution >= 0.6 is 0 Å². The maximum atomic E-state index is 9.18. The molecule has 104 valence electrons. The van der Waals surface area contributed by atoms with Gasteiger partial charge in [0.1, 0.15) is 6.23 Å². The van der Waals surface area contributed by atoms with Crippen LogP contribution in [0.25, 0.3) is 6.08 Å². The number of carbonyl (C=O) groups excluding carboxylic acids is 1. The highest BCUT2D eigenvalue weighted by atomic mass is 16.5. The third kappa shape index (κ3) is 4.41. The lowest BCUT2D eigenvalue weighted by molar-refractivity contribution is -0.128. The molecule has 0 aliphatic carbocycles. The van der Waals surface area contributed by atoms with Crippen molar-refractivity contribution in [2.75, 3.05) is 25.2 Å². The molecule has 0 amide bonds. The summed E-state index contributed by atoms with van der Waals surface area (Å²) in [6.07, 6.45) is 4.29. The number of para-hydroxylation sites is 1. The first kappa shape index (κ1) is 15.2. The summed E-state index contributed by atoms with van der Waals surface area (Å²) in [5.41, 5.74) is 2.49. The van der Waals surface area contributed by atoms with E-state index >= 15 is 0 Å². The van der Waals surface area contributed by atoms with Gasteiger partial charge in [0, 0.05) is 19.3 Å². The molecule has 0 aromatic heterocycles. The van der Waals surface area contributed by atoms with Crippen LogP contribution in [0.15, 0.2) is 30.3 Å². The molecule has 0 N–H and O–H groups in total. The van der Waals surface area contributed by atoms with Crippen LogP contribution in [0.5, 0.6) is 0 Å². The Morgan fingerprint density at radius 3 is 2.58 bits per heavy atom. The van der Waals surface area contributed by atoms with E-state index in [0.717, 1.165) is 6.61 Å². The molecule has 0 spiro atoms. The first-order valence-corrected chi connectivity index (χ1v) is 6.41. The summed E-state index contributed by atoms with van der Waals surface area (Å²) in [6, 6.07) is 8.34. The monoisotopic (exact) mass is 263 g/mol. The van der Waals surface area contributed by atoms with Crippen molar-refractivity contribution in [2.45, 2.75) is 20.1 Å². The van der Waals surface area contributed by atoms with Crippen LogP contribution < -0.4 is 4.90 Å².